The number of primary amides is 1. The number of rotatable bonds is 4. The SMILES string of the molecule is CCc1[nH]nc(C(=O)Nc2ccccc2C(N)=O)c1N. The maximum absolute atomic E-state index is 12.1. The van der Waals surface area contributed by atoms with E-state index in [0.29, 0.717) is 23.5 Å². The van der Waals surface area contributed by atoms with E-state index in [1.165, 1.54) is 6.07 Å². The molecule has 1 aromatic carbocycles. The molecule has 7 heteroatoms. The zero-order valence-electron chi connectivity index (χ0n) is 10.9. The molecule has 0 saturated heterocycles. The Balaban J connectivity index is 2.28. The Morgan fingerprint density at radius 3 is 2.65 bits per heavy atom. The van der Waals surface area contributed by atoms with Crippen LogP contribution in [0.4, 0.5) is 11.4 Å². The number of nitrogens with zero attached hydrogens (tertiary/aromatic N) is 1. The van der Waals surface area contributed by atoms with Crippen LogP contribution in [-0.4, -0.2) is 22.0 Å². The first-order valence-electron chi connectivity index (χ1n) is 6.07. The number of aryl methyl sites for hydroxylation is 1. The molecule has 2 rings (SSSR count). The second kappa shape index (κ2) is 5.43. The number of benzene rings is 1. The topological polar surface area (TPSA) is 127 Å². The van der Waals surface area contributed by atoms with Gasteiger partial charge in [0.1, 0.15) is 0 Å². The van der Waals surface area contributed by atoms with Gasteiger partial charge in [0.05, 0.1) is 22.6 Å². The number of anilines is 2. The lowest BCUT2D eigenvalue weighted by molar-refractivity contribution is 0.100. The quantitative estimate of drug-likeness (QED) is 0.660. The molecule has 0 bridgehead atoms. The van der Waals surface area contributed by atoms with E-state index >= 15 is 0 Å². The summed E-state index contributed by atoms with van der Waals surface area (Å²) in [5.74, 6) is -1.11. The molecule has 104 valence electrons. The van der Waals surface area contributed by atoms with Crippen LogP contribution >= 0.6 is 0 Å². The zero-order valence-corrected chi connectivity index (χ0v) is 10.9. The van der Waals surface area contributed by atoms with E-state index in [1.54, 1.807) is 18.2 Å². The van der Waals surface area contributed by atoms with E-state index in [9.17, 15) is 9.59 Å². The van der Waals surface area contributed by atoms with Crippen LogP contribution in [0.2, 0.25) is 0 Å². The zero-order chi connectivity index (χ0) is 14.7. The molecule has 0 aliphatic rings. The highest BCUT2D eigenvalue weighted by molar-refractivity contribution is 6.10. The van der Waals surface area contributed by atoms with Crippen molar-refractivity contribution in [2.45, 2.75) is 13.3 Å². The highest BCUT2D eigenvalue weighted by Gasteiger charge is 2.18. The van der Waals surface area contributed by atoms with Crippen molar-refractivity contribution in [2.75, 3.05) is 11.1 Å². The fourth-order valence-electron chi connectivity index (χ4n) is 1.82. The molecule has 2 amide bonds. The van der Waals surface area contributed by atoms with Gasteiger partial charge in [-0.25, -0.2) is 0 Å². The fraction of sp³-hybridized carbons (Fsp3) is 0.154. The third-order valence-electron chi connectivity index (χ3n) is 2.89. The molecule has 6 N–H and O–H groups in total. The Kier molecular flexibility index (Phi) is 3.69. The molecule has 0 spiro atoms. The molecule has 0 aliphatic heterocycles. The van der Waals surface area contributed by atoms with Gasteiger partial charge < -0.3 is 16.8 Å². The van der Waals surface area contributed by atoms with Crippen LogP contribution in [0, 0.1) is 0 Å². The molecular formula is C13H15N5O2. The number of H-pyrrole nitrogens is 1. The van der Waals surface area contributed by atoms with Crippen molar-refractivity contribution in [2.24, 2.45) is 5.73 Å². The normalized spacial score (nSPS) is 10.2. The monoisotopic (exact) mass is 273 g/mol. The first-order chi connectivity index (χ1) is 9.54. The smallest absolute Gasteiger partial charge is 0.278 e. The largest absolute Gasteiger partial charge is 0.395 e. The number of nitrogens with one attached hydrogen (secondary N) is 2. The Hall–Kier alpha value is -2.83. The molecule has 20 heavy (non-hydrogen) atoms. The van der Waals surface area contributed by atoms with Crippen LogP contribution in [0.15, 0.2) is 24.3 Å². The maximum Gasteiger partial charge on any atom is 0.278 e. The van der Waals surface area contributed by atoms with Crippen molar-refractivity contribution >= 4 is 23.2 Å². The van der Waals surface area contributed by atoms with E-state index in [1.807, 2.05) is 6.92 Å². The summed E-state index contributed by atoms with van der Waals surface area (Å²) in [4.78, 5) is 23.4. The molecule has 0 fully saturated rings. The van der Waals surface area contributed by atoms with Gasteiger partial charge >= 0.3 is 0 Å². The molecule has 0 saturated carbocycles. The van der Waals surface area contributed by atoms with Gasteiger partial charge in [0.15, 0.2) is 5.69 Å². The van der Waals surface area contributed by atoms with Gasteiger partial charge in [-0.2, -0.15) is 5.10 Å². The third-order valence-corrected chi connectivity index (χ3v) is 2.89. The summed E-state index contributed by atoms with van der Waals surface area (Å²) in [7, 11) is 0. The van der Waals surface area contributed by atoms with Gasteiger partial charge in [0.25, 0.3) is 11.8 Å². The van der Waals surface area contributed by atoms with E-state index in [-0.39, 0.29) is 11.3 Å². The van der Waals surface area contributed by atoms with Crippen LogP contribution in [-0.2, 0) is 6.42 Å². The van der Waals surface area contributed by atoms with Crippen molar-refractivity contribution in [3.63, 3.8) is 0 Å². The minimum Gasteiger partial charge on any atom is -0.395 e. The number of para-hydroxylation sites is 1. The number of amides is 2. The summed E-state index contributed by atoms with van der Waals surface area (Å²) in [5, 5.41) is 9.16. The van der Waals surface area contributed by atoms with E-state index < -0.39 is 11.8 Å². The first kappa shape index (κ1) is 13.6. The second-order valence-corrected chi connectivity index (χ2v) is 4.18. The Morgan fingerprint density at radius 1 is 1.35 bits per heavy atom. The van der Waals surface area contributed by atoms with E-state index in [4.69, 9.17) is 11.5 Å². The summed E-state index contributed by atoms with van der Waals surface area (Å²) in [5.41, 5.74) is 12.7. The molecule has 2 aromatic rings. The lowest BCUT2D eigenvalue weighted by Gasteiger charge is -2.07. The number of carbonyl (C=O) groups excluding carboxylic acids is 2. The summed E-state index contributed by atoms with van der Waals surface area (Å²) < 4.78 is 0. The van der Waals surface area contributed by atoms with Crippen molar-refractivity contribution in [1.29, 1.82) is 0 Å². The minimum absolute atomic E-state index is 0.0983. The predicted molar refractivity (Wildman–Crippen MR) is 75.3 cm³/mol. The van der Waals surface area contributed by atoms with Gasteiger partial charge in [-0.05, 0) is 18.6 Å². The average Bonchev–Trinajstić information content (AvgIpc) is 2.80. The molecule has 1 aromatic heterocycles. The second-order valence-electron chi connectivity index (χ2n) is 4.18. The van der Waals surface area contributed by atoms with Gasteiger partial charge in [-0.3, -0.25) is 14.7 Å². The highest BCUT2D eigenvalue weighted by Crippen LogP contribution is 2.19. The first-order valence-corrected chi connectivity index (χ1v) is 6.07. The summed E-state index contributed by atoms with van der Waals surface area (Å²) in [6.07, 6.45) is 0.643. The van der Waals surface area contributed by atoms with Gasteiger partial charge in [-0.15, -0.1) is 0 Å². The minimum atomic E-state index is -0.620. The Morgan fingerprint density at radius 2 is 2.05 bits per heavy atom. The summed E-state index contributed by atoms with van der Waals surface area (Å²) in [6, 6.07) is 6.46. The Labute approximate surface area is 115 Å². The van der Waals surface area contributed by atoms with Crippen molar-refractivity contribution in [3.8, 4) is 0 Å². The number of nitrogens with two attached hydrogens (primary N) is 2. The standard InChI is InChI=1S/C13H15N5O2/c1-2-8-10(14)11(18-17-8)13(20)16-9-6-4-3-5-7(9)12(15)19/h3-6H,2,14H2,1H3,(H2,15,19)(H,16,20)(H,17,18). The molecule has 7 nitrogen and oxygen atoms in total. The molecule has 0 radical (unpaired) electrons. The highest BCUT2D eigenvalue weighted by atomic mass is 16.2. The number of aromatic nitrogens is 2. The molecule has 1 heterocycles. The number of aromatic amines is 1. The van der Waals surface area contributed by atoms with Gasteiger partial charge in [0.2, 0.25) is 0 Å². The predicted octanol–water partition coefficient (Wildman–Crippen LogP) is 0.905. The van der Waals surface area contributed by atoms with Crippen LogP contribution in [0.3, 0.4) is 0 Å². The van der Waals surface area contributed by atoms with Crippen LogP contribution in [0.1, 0.15) is 33.5 Å². The lowest BCUT2D eigenvalue weighted by atomic mass is 10.1. The van der Waals surface area contributed by atoms with Gasteiger partial charge in [-0.1, -0.05) is 19.1 Å². The molecule has 0 atom stereocenters. The number of carbonyl (C=O) groups is 2. The van der Waals surface area contributed by atoms with Gasteiger partial charge in [0, 0.05) is 0 Å². The number of hydrogen-bond donors (Lipinski definition) is 4. The number of hydrogen-bond acceptors (Lipinski definition) is 4. The molecular weight excluding hydrogens is 258 g/mol. The lowest BCUT2D eigenvalue weighted by Crippen LogP contribution is -2.19. The van der Waals surface area contributed by atoms with Crippen molar-refractivity contribution in [3.05, 3.63) is 41.2 Å². The maximum atomic E-state index is 12.1. The third kappa shape index (κ3) is 2.46. The molecule has 0 unspecified atom stereocenters. The van der Waals surface area contributed by atoms with Crippen molar-refractivity contribution in [1.82, 2.24) is 10.2 Å². The van der Waals surface area contributed by atoms with Crippen molar-refractivity contribution < 1.29 is 9.59 Å². The molecule has 0 aliphatic carbocycles. The van der Waals surface area contributed by atoms with Crippen LogP contribution in [0.25, 0.3) is 0 Å². The van der Waals surface area contributed by atoms with Crippen LogP contribution in [0.5, 0.6) is 0 Å². The summed E-state index contributed by atoms with van der Waals surface area (Å²) >= 11 is 0. The van der Waals surface area contributed by atoms with E-state index in [0.717, 1.165) is 0 Å². The summed E-state index contributed by atoms with van der Waals surface area (Å²) in [6.45, 7) is 1.90. The van der Waals surface area contributed by atoms with Crippen LogP contribution < -0.4 is 16.8 Å². The number of nitrogen functional groups attached to an aromatic ring is 1. The Bertz CT molecular complexity index is 663. The fourth-order valence-corrected chi connectivity index (χ4v) is 1.82. The van der Waals surface area contributed by atoms with E-state index in [2.05, 4.69) is 15.5 Å². The average molecular weight is 273 g/mol.